The molecule has 0 aromatic heterocycles. The molecule has 1 heterocycles. The van der Waals surface area contributed by atoms with Crippen LogP contribution in [0.5, 0.6) is 0 Å². The number of nitrogens with zero attached hydrogens (tertiary/aromatic N) is 2. The summed E-state index contributed by atoms with van der Waals surface area (Å²) in [5, 5.41) is 0. The number of aryl methyl sites for hydroxylation is 1. The van der Waals surface area contributed by atoms with E-state index >= 15 is 0 Å². The van der Waals surface area contributed by atoms with Gasteiger partial charge in [0.25, 0.3) is 0 Å². The molecule has 17 heavy (non-hydrogen) atoms. The standard InChI is InChI=1S/C14H23N3/c1-11-9-13(5-6-14(11)15)17-8-4-7-16(3)10-12(17)2/h5-6,9,12H,4,7-8,10,15H2,1-3H3. The smallest absolute Gasteiger partial charge is 0.0388 e. The lowest BCUT2D eigenvalue weighted by Gasteiger charge is -2.30. The zero-order valence-corrected chi connectivity index (χ0v) is 11.1. The molecular formula is C14H23N3. The Kier molecular flexibility index (Phi) is 3.57. The van der Waals surface area contributed by atoms with Crippen LogP contribution in [0.1, 0.15) is 18.9 Å². The van der Waals surface area contributed by atoms with Crippen molar-refractivity contribution in [2.75, 3.05) is 37.3 Å². The minimum Gasteiger partial charge on any atom is -0.399 e. The molecule has 1 atom stereocenters. The van der Waals surface area contributed by atoms with Crippen molar-refractivity contribution in [2.45, 2.75) is 26.3 Å². The van der Waals surface area contributed by atoms with Gasteiger partial charge < -0.3 is 15.5 Å². The summed E-state index contributed by atoms with van der Waals surface area (Å²) >= 11 is 0. The van der Waals surface area contributed by atoms with E-state index in [4.69, 9.17) is 5.73 Å². The first kappa shape index (κ1) is 12.2. The van der Waals surface area contributed by atoms with Gasteiger partial charge in [-0.25, -0.2) is 0 Å². The van der Waals surface area contributed by atoms with Crippen molar-refractivity contribution in [3.63, 3.8) is 0 Å². The predicted molar refractivity (Wildman–Crippen MR) is 74.5 cm³/mol. The number of benzene rings is 1. The van der Waals surface area contributed by atoms with Gasteiger partial charge in [0, 0.05) is 30.5 Å². The Balaban J connectivity index is 2.22. The molecule has 2 rings (SSSR count). The minimum absolute atomic E-state index is 0.561. The van der Waals surface area contributed by atoms with Crippen molar-refractivity contribution in [3.8, 4) is 0 Å². The Morgan fingerprint density at radius 3 is 2.76 bits per heavy atom. The lowest BCUT2D eigenvalue weighted by Crippen LogP contribution is -2.37. The Morgan fingerprint density at radius 2 is 2.06 bits per heavy atom. The topological polar surface area (TPSA) is 32.5 Å². The molecule has 0 bridgehead atoms. The lowest BCUT2D eigenvalue weighted by molar-refractivity contribution is 0.337. The second-order valence-electron chi connectivity index (χ2n) is 5.20. The molecule has 1 fully saturated rings. The van der Waals surface area contributed by atoms with Crippen molar-refractivity contribution in [1.82, 2.24) is 4.90 Å². The highest BCUT2D eigenvalue weighted by atomic mass is 15.2. The van der Waals surface area contributed by atoms with Crippen molar-refractivity contribution >= 4 is 11.4 Å². The molecule has 0 amide bonds. The molecule has 1 saturated heterocycles. The first-order valence-electron chi connectivity index (χ1n) is 6.39. The van der Waals surface area contributed by atoms with E-state index in [1.807, 2.05) is 6.07 Å². The first-order chi connectivity index (χ1) is 8.08. The van der Waals surface area contributed by atoms with Crippen LogP contribution in [-0.2, 0) is 0 Å². The molecule has 94 valence electrons. The van der Waals surface area contributed by atoms with E-state index in [1.54, 1.807) is 0 Å². The Bertz CT molecular complexity index is 389. The fraction of sp³-hybridized carbons (Fsp3) is 0.571. The molecule has 1 unspecified atom stereocenters. The molecule has 0 saturated carbocycles. The van der Waals surface area contributed by atoms with Crippen molar-refractivity contribution in [3.05, 3.63) is 23.8 Å². The predicted octanol–water partition coefficient (Wildman–Crippen LogP) is 2.11. The summed E-state index contributed by atoms with van der Waals surface area (Å²) < 4.78 is 0. The van der Waals surface area contributed by atoms with Gasteiger partial charge in [0.2, 0.25) is 0 Å². The summed E-state index contributed by atoms with van der Waals surface area (Å²) in [7, 11) is 2.20. The van der Waals surface area contributed by atoms with E-state index < -0.39 is 0 Å². The third kappa shape index (κ3) is 2.72. The summed E-state index contributed by atoms with van der Waals surface area (Å²) in [5.41, 5.74) is 9.24. The highest BCUT2D eigenvalue weighted by Crippen LogP contribution is 2.24. The average molecular weight is 233 g/mol. The first-order valence-corrected chi connectivity index (χ1v) is 6.39. The lowest BCUT2D eigenvalue weighted by atomic mass is 10.1. The largest absolute Gasteiger partial charge is 0.399 e. The second-order valence-corrected chi connectivity index (χ2v) is 5.20. The van der Waals surface area contributed by atoms with E-state index in [1.165, 1.54) is 24.2 Å². The zero-order chi connectivity index (χ0) is 12.4. The van der Waals surface area contributed by atoms with Crippen LogP contribution in [0.15, 0.2) is 18.2 Å². The summed E-state index contributed by atoms with van der Waals surface area (Å²) in [6.07, 6.45) is 1.23. The van der Waals surface area contributed by atoms with Gasteiger partial charge >= 0.3 is 0 Å². The van der Waals surface area contributed by atoms with Crippen LogP contribution in [0.25, 0.3) is 0 Å². The SMILES string of the molecule is Cc1cc(N2CCCN(C)CC2C)ccc1N. The van der Waals surface area contributed by atoms with E-state index in [0.29, 0.717) is 6.04 Å². The summed E-state index contributed by atoms with van der Waals surface area (Å²) in [5.74, 6) is 0. The van der Waals surface area contributed by atoms with Gasteiger partial charge in [0.05, 0.1) is 0 Å². The number of nitrogens with two attached hydrogens (primary N) is 1. The highest BCUT2D eigenvalue weighted by Gasteiger charge is 2.19. The van der Waals surface area contributed by atoms with Crippen molar-refractivity contribution < 1.29 is 0 Å². The van der Waals surface area contributed by atoms with Gasteiger partial charge in [-0.15, -0.1) is 0 Å². The van der Waals surface area contributed by atoms with E-state index in [2.05, 4.69) is 42.8 Å². The highest BCUT2D eigenvalue weighted by molar-refractivity contribution is 5.58. The molecule has 2 N–H and O–H groups in total. The van der Waals surface area contributed by atoms with E-state index in [-0.39, 0.29) is 0 Å². The molecule has 0 aliphatic carbocycles. The molecule has 1 aliphatic rings. The van der Waals surface area contributed by atoms with Gasteiger partial charge in [-0.3, -0.25) is 0 Å². The molecule has 3 heteroatoms. The van der Waals surface area contributed by atoms with Crippen LogP contribution in [0.2, 0.25) is 0 Å². The van der Waals surface area contributed by atoms with Gasteiger partial charge in [0.1, 0.15) is 0 Å². The van der Waals surface area contributed by atoms with Gasteiger partial charge in [-0.1, -0.05) is 0 Å². The monoisotopic (exact) mass is 233 g/mol. The molecular weight excluding hydrogens is 210 g/mol. The molecule has 3 nitrogen and oxygen atoms in total. The van der Waals surface area contributed by atoms with Gasteiger partial charge in [-0.05, 0) is 57.6 Å². The minimum atomic E-state index is 0.561. The number of anilines is 2. The van der Waals surface area contributed by atoms with E-state index in [9.17, 15) is 0 Å². The van der Waals surface area contributed by atoms with Crippen LogP contribution < -0.4 is 10.6 Å². The quantitative estimate of drug-likeness (QED) is 0.754. The Labute approximate surface area is 104 Å². The maximum atomic E-state index is 5.88. The molecule has 1 aromatic carbocycles. The Morgan fingerprint density at radius 1 is 1.29 bits per heavy atom. The third-order valence-electron chi connectivity index (χ3n) is 3.63. The van der Waals surface area contributed by atoms with Crippen LogP contribution >= 0.6 is 0 Å². The maximum absolute atomic E-state index is 5.88. The van der Waals surface area contributed by atoms with Crippen LogP contribution in [0.4, 0.5) is 11.4 Å². The number of hydrogen-bond acceptors (Lipinski definition) is 3. The number of hydrogen-bond donors (Lipinski definition) is 1. The van der Waals surface area contributed by atoms with Gasteiger partial charge in [-0.2, -0.15) is 0 Å². The fourth-order valence-corrected chi connectivity index (χ4v) is 2.59. The second kappa shape index (κ2) is 4.96. The molecule has 0 spiro atoms. The average Bonchev–Trinajstić information content (AvgIpc) is 2.43. The number of nitrogen functional groups attached to an aromatic ring is 1. The normalized spacial score (nSPS) is 22.5. The van der Waals surface area contributed by atoms with Crippen LogP contribution in [-0.4, -0.2) is 37.6 Å². The zero-order valence-electron chi connectivity index (χ0n) is 11.1. The van der Waals surface area contributed by atoms with Crippen molar-refractivity contribution in [1.29, 1.82) is 0 Å². The maximum Gasteiger partial charge on any atom is 0.0388 e. The summed E-state index contributed by atoms with van der Waals surface area (Å²) in [6, 6.07) is 6.93. The molecule has 1 aromatic rings. The molecule has 1 aliphatic heterocycles. The summed E-state index contributed by atoms with van der Waals surface area (Å²) in [6.45, 7) is 7.83. The van der Waals surface area contributed by atoms with Crippen LogP contribution in [0, 0.1) is 6.92 Å². The third-order valence-corrected chi connectivity index (χ3v) is 3.63. The van der Waals surface area contributed by atoms with Crippen LogP contribution in [0.3, 0.4) is 0 Å². The Hall–Kier alpha value is -1.22. The van der Waals surface area contributed by atoms with E-state index in [0.717, 1.165) is 18.8 Å². The number of rotatable bonds is 1. The van der Waals surface area contributed by atoms with Gasteiger partial charge in [0.15, 0.2) is 0 Å². The van der Waals surface area contributed by atoms with Crippen molar-refractivity contribution in [2.24, 2.45) is 0 Å². The summed E-state index contributed by atoms with van der Waals surface area (Å²) in [4.78, 5) is 4.91. The fourth-order valence-electron chi connectivity index (χ4n) is 2.59. The number of likely N-dealkylation sites (N-methyl/N-ethyl adjacent to an activating group) is 1. The molecule has 0 radical (unpaired) electrons.